The summed E-state index contributed by atoms with van der Waals surface area (Å²) >= 11 is 6.21. The molecule has 6 heteroatoms. The molecule has 0 amide bonds. The number of carbonyl (C=O) groups excluding carboxylic acids is 1. The van der Waals surface area contributed by atoms with Crippen LogP contribution in [0.3, 0.4) is 0 Å². The lowest BCUT2D eigenvalue weighted by Gasteiger charge is -2.10. The zero-order chi connectivity index (χ0) is 13.0. The summed E-state index contributed by atoms with van der Waals surface area (Å²) in [4.78, 5) is 11.3. The summed E-state index contributed by atoms with van der Waals surface area (Å²) in [5.41, 5.74) is 7.36. The van der Waals surface area contributed by atoms with Gasteiger partial charge in [-0.2, -0.15) is 5.10 Å². The number of methoxy groups -OCH3 is 1. The molecular formula is C11H18ClN3O2. The molecule has 0 spiro atoms. The van der Waals surface area contributed by atoms with E-state index in [4.69, 9.17) is 17.3 Å². The third-order valence-electron chi connectivity index (χ3n) is 2.61. The summed E-state index contributed by atoms with van der Waals surface area (Å²) in [7, 11) is 1.32. The Morgan fingerprint density at radius 3 is 2.71 bits per heavy atom. The fourth-order valence-corrected chi connectivity index (χ4v) is 2.00. The molecule has 0 saturated heterocycles. The van der Waals surface area contributed by atoms with Gasteiger partial charge in [-0.15, -0.1) is 0 Å². The molecule has 0 aliphatic heterocycles. The van der Waals surface area contributed by atoms with E-state index in [-0.39, 0.29) is 0 Å². The van der Waals surface area contributed by atoms with Crippen molar-refractivity contribution >= 4 is 17.6 Å². The first-order valence-electron chi connectivity index (χ1n) is 5.62. The number of ether oxygens (including phenoxy) is 1. The van der Waals surface area contributed by atoms with Crippen LogP contribution in [0.5, 0.6) is 0 Å². The van der Waals surface area contributed by atoms with E-state index in [9.17, 15) is 4.79 Å². The van der Waals surface area contributed by atoms with Gasteiger partial charge in [0.1, 0.15) is 6.04 Å². The van der Waals surface area contributed by atoms with Crippen molar-refractivity contribution in [2.75, 3.05) is 7.11 Å². The zero-order valence-electron chi connectivity index (χ0n) is 10.4. The van der Waals surface area contributed by atoms with Gasteiger partial charge in [0.05, 0.1) is 23.5 Å². The molecule has 0 fully saturated rings. The predicted octanol–water partition coefficient (Wildman–Crippen LogP) is 1.16. The van der Waals surface area contributed by atoms with Gasteiger partial charge in [0.15, 0.2) is 0 Å². The van der Waals surface area contributed by atoms with Crippen LogP contribution in [0.15, 0.2) is 0 Å². The van der Waals surface area contributed by atoms with Gasteiger partial charge in [0.2, 0.25) is 0 Å². The molecule has 1 rings (SSSR count). The second-order valence-electron chi connectivity index (χ2n) is 3.71. The lowest BCUT2D eigenvalue weighted by molar-refractivity contribution is -0.142. The lowest BCUT2D eigenvalue weighted by Crippen LogP contribution is -2.34. The van der Waals surface area contributed by atoms with Crippen molar-refractivity contribution in [3.63, 3.8) is 0 Å². The number of halogens is 1. The van der Waals surface area contributed by atoms with Crippen molar-refractivity contribution in [2.24, 2.45) is 5.73 Å². The smallest absolute Gasteiger partial charge is 0.323 e. The molecule has 2 N–H and O–H groups in total. The minimum atomic E-state index is -0.704. The van der Waals surface area contributed by atoms with Gasteiger partial charge >= 0.3 is 5.97 Å². The molecule has 1 aromatic heterocycles. The summed E-state index contributed by atoms with van der Waals surface area (Å²) in [5.74, 6) is -0.442. The molecule has 1 heterocycles. The summed E-state index contributed by atoms with van der Waals surface area (Å²) in [5, 5.41) is 4.97. The zero-order valence-corrected chi connectivity index (χ0v) is 11.1. The summed E-state index contributed by atoms with van der Waals surface area (Å²) in [6.07, 6.45) is 1.10. The van der Waals surface area contributed by atoms with Crippen LogP contribution >= 0.6 is 11.6 Å². The average molecular weight is 260 g/mol. The number of nitrogens with zero attached hydrogens (tertiary/aromatic N) is 2. The SMILES string of the molecule is CCc1nn(CC)c(CC(N)C(=O)OC)c1Cl. The van der Waals surface area contributed by atoms with Crippen LogP contribution in [0, 0.1) is 0 Å². The molecule has 0 aromatic carbocycles. The Kier molecular flexibility index (Phi) is 4.96. The molecule has 17 heavy (non-hydrogen) atoms. The molecule has 0 saturated carbocycles. The van der Waals surface area contributed by atoms with E-state index in [1.165, 1.54) is 7.11 Å². The number of hydrogen-bond donors (Lipinski definition) is 1. The topological polar surface area (TPSA) is 70.1 Å². The van der Waals surface area contributed by atoms with Gasteiger partial charge in [0.25, 0.3) is 0 Å². The Bertz CT molecular complexity index is 404. The number of aryl methyl sites for hydroxylation is 2. The second kappa shape index (κ2) is 6.02. The maximum atomic E-state index is 11.3. The fraction of sp³-hybridized carbons (Fsp3) is 0.636. The summed E-state index contributed by atoms with van der Waals surface area (Å²) < 4.78 is 6.38. The molecule has 0 aliphatic carbocycles. The highest BCUT2D eigenvalue weighted by Gasteiger charge is 2.21. The highest BCUT2D eigenvalue weighted by molar-refractivity contribution is 6.31. The number of rotatable bonds is 5. The Labute approximate surface area is 106 Å². The molecule has 0 radical (unpaired) electrons. The number of esters is 1. The number of hydrogen-bond acceptors (Lipinski definition) is 4. The standard InChI is InChI=1S/C11H18ClN3O2/c1-4-8-10(12)9(15(5-2)14-8)6-7(13)11(16)17-3/h7H,4-6,13H2,1-3H3. The molecule has 1 aromatic rings. The Morgan fingerprint density at radius 1 is 1.59 bits per heavy atom. The first kappa shape index (κ1) is 14.0. The van der Waals surface area contributed by atoms with E-state index in [0.29, 0.717) is 18.0 Å². The van der Waals surface area contributed by atoms with E-state index in [0.717, 1.165) is 17.8 Å². The molecule has 1 atom stereocenters. The van der Waals surface area contributed by atoms with Crippen LogP contribution in [0.1, 0.15) is 25.2 Å². The first-order chi connectivity index (χ1) is 8.04. The number of carbonyl (C=O) groups is 1. The minimum absolute atomic E-state index is 0.340. The van der Waals surface area contributed by atoms with Crippen molar-refractivity contribution < 1.29 is 9.53 Å². The normalized spacial score (nSPS) is 12.5. The van der Waals surface area contributed by atoms with Crippen molar-refractivity contribution in [2.45, 2.75) is 39.3 Å². The van der Waals surface area contributed by atoms with Crippen LogP contribution in [0.2, 0.25) is 5.02 Å². The van der Waals surface area contributed by atoms with Gasteiger partial charge in [0, 0.05) is 13.0 Å². The third kappa shape index (κ3) is 2.98. The van der Waals surface area contributed by atoms with Crippen LogP contribution in [0.4, 0.5) is 0 Å². The average Bonchev–Trinajstić information content (AvgIpc) is 2.65. The van der Waals surface area contributed by atoms with Crippen LogP contribution in [-0.2, 0) is 28.9 Å². The second-order valence-corrected chi connectivity index (χ2v) is 4.09. The highest BCUT2D eigenvalue weighted by Crippen LogP contribution is 2.22. The van der Waals surface area contributed by atoms with Crippen molar-refractivity contribution in [3.05, 3.63) is 16.4 Å². The van der Waals surface area contributed by atoms with Gasteiger partial charge in [-0.05, 0) is 13.3 Å². The number of aromatic nitrogens is 2. The minimum Gasteiger partial charge on any atom is -0.468 e. The van der Waals surface area contributed by atoms with Crippen molar-refractivity contribution in [1.82, 2.24) is 9.78 Å². The molecule has 5 nitrogen and oxygen atoms in total. The molecule has 1 unspecified atom stereocenters. The van der Waals surface area contributed by atoms with E-state index in [1.54, 1.807) is 4.68 Å². The van der Waals surface area contributed by atoms with E-state index in [1.807, 2.05) is 13.8 Å². The van der Waals surface area contributed by atoms with Crippen molar-refractivity contribution in [3.8, 4) is 0 Å². The number of nitrogens with two attached hydrogens (primary N) is 1. The summed E-state index contributed by atoms with van der Waals surface area (Å²) in [6.45, 7) is 4.65. The van der Waals surface area contributed by atoms with E-state index >= 15 is 0 Å². The van der Waals surface area contributed by atoms with Crippen LogP contribution < -0.4 is 5.73 Å². The van der Waals surface area contributed by atoms with Crippen molar-refractivity contribution in [1.29, 1.82) is 0 Å². The monoisotopic (exact) mass is 259 g/mol. The first-order valence-corrected chi connectivity index (χ1v) is 6.00. The largest absolute Gasteiger partial charge is 0.468 e. The molecule has 0 aliphatic rings. The molecular weight excluding hydrogens is 242 g/mol. The fourth-order valence-electron chi connectivity index (χ4n) is 1.66. The Balaban J connectivity index is 2.96. The maximum Gasteiger partial charge on any atom is 0.323 e. The Hall–Kier alpha value is -1.07. The lowest BCUT2D eigenvalue weighted by atomic mass is 10.1. The molecule has 96 valence electrons. The predicted molar refractivity (Wildman–Crippen MR) is 66.0 cm³/mol. The third-order valence-corrected chi connectivity index (χ3v) is 3.05. The van der Waals surface area contributed by atoms with Crippen LogP contribution in [0.25, 0.3) is 0 Å². The van der Waals surface area contributed by atoms with Gasteiger partial charge in [-0.3, -0.25) is 9.48 Å². The van der Waals surface area contributed by atoms with Gasteiger partial charge in [-0.1, -0.05) is 18.5 Å². The summed E-state index contributed by atoms with van der Waals surface area (Å²) in [6, 6.07) is -0.704. The van der Waals surface area contributed by atoms with Gasteiger partial charge < -0.3 is 10.5 Å². The van der Waals surface area contributed by atoms with E-state index < -0.39 is 12.0 Å². The van der Waals surface area contributed by atoms with Crippen LogP contribution in [-0.4, -0.2) is 28.9 Å². The quantitative estimate of drug-likeness (QED) is 0.806. The highest BCUT2D eigenvalue weighted by atomic mass is 35.5. The van der Waals surface area contributed by atoms with Gasteiger partial charge in [-0.25, -0.2) is 0 Å². The Morgan fingerprint density at radius 2 is 2.24 bits per heavy atom. The van der Waals surface area contributed by atoms with E-state index in [2.05, 4.69) is 9.84 Å². The maximum absolute atomic E-state index is 11.3. The molecule has 0 bridgehead atoms.